The fourth-order valence-corrected chi connectivity index (χ4v) is 3.15. The van der Waals surface area contributed by atoms with Crippen LogP contribution >= 0.6 is 23.2 Å². The quantitative estimate of drug-likeness (QED) is 0.760. The minimum atomic E-state index is -4.47. The number of alkyl halides is 3. The topological polar surface area (TPSA) is 48.5 Å². The van der Waals surface area contributed by atoms with Crippen molar-refractivity contribution in [1.82, 2.24) is 14.8 Å². The van der Waals surface area contributed by atoms with Crippen LogP contribution in [0, 0.1) is 0 Å². The number of hydrogen-bond donors (Lipinski definition) is 1. The van der Waals surface area contributed by atoms with Gasteiger partial charge in [-0.05, 0) is 30.3 Å². The van der Waals surface area contributed by atoms with E-state index in [0.29, 0.717) is 49.1 Å². The number of nitrogens with one attached hydrogen (secondary N) is 1. The van der Waals surface area contributed by atoms with E-state index in [1.807, 2.05) is 4.90 Å². The van der Waals surface area contributed by atoms with E-state index in [0.717, 1.165) is 12.3 Å². The zero-order valence-corrected chi connectivity index (χ0v) is 16.2. The first-order valence-electron chi connectivity index (χ1n) is 8.48. The highest BCUT2D eigenvalue weighted by Gasteiger charge is 2.32. The Labute approximate surface area is 170 Å². The molecule has 10 heteroatoms. The number of anilines is 1. The van der Waals surface area contributed by atoms with Gasteiger partial charge in [0.05, 0.1) is 16.3 Å². The minimum Gasteiger partial charge on any atom is -0.322 e. The first kappa shape index (κ1) is 20.7. The largest absolute Gasteiger partial charge is 0.417 e. The van der Waals surface area contributed by atoms with E-state index >= 15 is 0 Å². The lowest BCUT2D eigenvalue weighted by atomic mass is 10.2. The van der Waals surface area contributed by atoms with Crippen molar-refractivity contribution in [2.75, 3.05) is 31.5 Å². The van der Waals surface area contributed by atoms with E-state index in [-0.39, 0.29) is 11.1 Å². The second-order valence-electron chi connectivity index (χ2n) is 6.35. The van der Waals surface area contributed by atoms with Gasteiger partial charge in [0.1, 0.15) is 0 Å². The first-order chi connectivity index (χ1) is 13.2. The number of carbonyl (C=O) groups excluding carboxylic acids is 1. The van der Waals surface area contributed by atoms with Crippen LogP contribution in [0.1, 0.15) is 11.3 Å². The molecule has 3 rings (SSSR count). The Kier molecular flexibility index (Phi) is 6.32. The van der Waals surface area contributed by atoms with E-state index in [2.05, 4.69) is 10.3 Å². The standard InChI is InChI=1S/C18H17Cl2F3N4O/c19-13-1-3-14(4-2-13)25-17(28)27-7-5-26(6-8-27)11-16-15(20)9-12(10-24-16)18(21,22)23/h1-4,9-10H,5-8,11H2,(H,25,28). The Morgan fingerprint density at radius 3 is 2.32 bits per heavy atom. The van der Waals surface area contributed by atoms with Gasteiger partial charge in [-0.2, -0.15) is 13.2 Å². The molecule has 1 aromatic heterocycles. The van der Waals surface area contributed by atoms with Crippen LogP contribution in [0.5, 0.6) is 0 Å². The van der Waals surface area contributed by atoms with Crippen molar-refractivity contribution < 1.29 is 18.0 Å². The molecule has 150 valence electrons. The number of carbonyl (C=O) groups is 1. The molecule has 0 bridgehead atoms. The van der Waals surface area contributed by atoms with Gasteiger partial charge in [0.25, 0.3) is 0 Å². The third kappa shape index (κ3) is 5.27. The number of nitrogens with zero attached hydrogens (tertiary/aromatic N) is 3. The molecule has 1 saturated heterocycles. The van der Waals surface area contributed by atoms with Crippen LogP contribution in [0.2, 0.25) is 10.0 Å². The number of hydrogen-bond acceptors (Lipinski definition) is 3. The van der Waals surface area contributed by atoms with Gasteiger partial charge >= 0.3 is 12.2 Å². The summed E-state index contributed by atoms with van der Waals surface area (Å²) in [5, 5.41) is 3.37. The SMILES string of the molecule is O=C(Nc1ccc(Cl)cc1)N1CCN(Cc2ncc(C(F)(F)F)cc2Cl)CC1. The predicted molar refractivity (Wildman–Crippen MR) is 102 cm³/mol. The average Bonchev–Trinajstić information content (AvgIpc) is 2.65. The lowest BCUT2D eigenvalue weighted by Gasteiger charge is -2.34. The maximum atomic E-state index is 12.7. The van der Waals surface area contributed by atoms with Crippen molar-refractivity contribution in [1.29, 1.82) is 0 Å². The molecule has 0 radical (unpaired) electrons. The molecular formula is C18H17Cl2F3N4O. The minimum absolute atomic E-state index is 0.0160. The third-order valence-electron chi connectivity index (χ3n) is 4.37. The van der Waals surface area contributed by atoms with E-state index < -0.39 is 11.7 Å². The molecule has 1 aliphatic rings. The maximum absolute atomic E-state index is 12.7. The number of piperazine rings is 1. The Hall–Kier alpha value is -2.03. The summed E-state index contributed by atoms with van der Waals surface area (Å²) in [5.74, 6) is 0. The highest BCUT2D eigenvalue weighted by molar-refractivity contribution is 6.31. The van der Waals surface area contributed by atoms with E-state index in [1.54, 1.807) is 29.2 Å². The summed E-state index contributed by atoms with van der Waals surface area (Å²) >= 11 is 11.8. The summed E-state index contributed by atoms with van der Waals surface area (Å²) < 4.78 is 38.1. The predicted octanol–water partition coefficient (Wildman–Crippen LogP) is 4.76. The summed E-state index contributed by atoms with van der Waals surface area (Å²) in [7, 11) is 0. The van der Waals surface area contributed by atoms with Crippen molar-refractivity contribution in [3.63, 3.8) is 0 Å². The normalized spacial score (nSPS) is 15.5. The van der Waals surface area contributed by atoms with Crippen LogP contribution in [-0.4, -0.2) is 47.0 Å². The summed E-state index contributed by atoms with van der Waals surface area (Å²) in [6.45, 7) is 2.42. The summed E-state index contributed by atoms with van der Waals surface area (Å²) in [4.78, 5) is 19.9. The third-order valence-corrected chi connectivity index (χ3v) is 4.95. The Balaban J connectivity index is 1.52. The molecule has 1 fully saturated rings. The fraction of sp³-hybridized carbons (Fsp3) is 0.333. The number of halogens is 5. The molecule has 5 nitrogen and oxygen atoms in total. The summed E-state index contributed by atoms with van der Waals surface area (Å²) in [5.41, 5.74) is 0.163. The molecule has 2 heterocycles. The zero-order valence-electron chi connectivity index (χ0n) is 14.6. The van der Waals surface area contributed by atoms with E-state index in [4.69, 9.17) is 23.2 Å². The number of rotatable bonds is 3. The Morgan fingerprint density at radius 2 is 1.75 bits per heavy atom. The van der Waals surface area contributed by atoms with Gasteiger partial charge in [0.15, 0.2) is 0 Å². The highest BCUT2D eigenvalue weighted by Crippen LogP contribution is 2.31. The van der Waals surface area contributed by atoms with Gasteiger partial charge in [0.2, 0.25) is 0 Å². The van der Waals surface area contributed by atoms with Crippen LogP contribution in [-0.2, 0) is 12.7 Å². The Morgan fingerprint density at radius 1 is 1.11 bits per heavy atom. The van der Waals surface area contributed by atoms with Crippen molar-refractivity contribution in [3.8, 4) is 0 Å². The number of amides is 2. The van der Waals surface area contributed by atoms with E-state index in [1.165, 1.54) is 0 Å². The maximum Gasteiger partial charge on any atom is 0.417 e. The molecule has 28 heavy (non-hydrogen) atoms. The van der Waals surface area contributed by atoms with Crippen LogP contribution in [0.15, 0.2) is 36.5 Å². The highest BCUT2D eigenvalue weighted by atomic mass is 35.5. The smallest absolute Gasteiger partial charge is 0.322 e. The lowest BCUT2D eigenvalue weighted by Crippen LogP contribution is -2.49. The molecule has 1 aromatic carbocycles. The fourth-order valence-electron chi connectivity index (χ4n) is 2.79. The van der Waals surface area contributed by atoms with Gasteiger partial charge in [-0.1, -0.05) is 23.2 Å². The molecule has 0 atom stereocenters. The molecule has 2 aromatic rings. The molecular weight excluding hydrogens is 416 g/mol. The van der Waals surface area contributed by atoms with Crippen LogP contribution in [0.3, 0.4) is 0 Å². The van der Waals surface area contributed by atoms with Crippen LogP contribution < -0.4 is 5.32 Å². The summed E-state index contributed by atoms with van der Waals surface area (Å²) in [6.07, 6.45) is -3.69. The number of aromatic nitrogens is 1. The summed E-state index contributed by atoms with van der Waals surface area (Å²) in [6, 6.07) is 7.49. The lowest BCUT2D eigenvalue weighted by molar-refractivity contribution is -0.137. The van der Waals surface area contributed by atoms with Gasteiger partial charge in [0, 0.05) is 49.6 Å². The molecule has 0 saturated carbocycles. The van der Waals surface area contributed by atoms with Crippen molar-refractivity contribution in [3.05, 3.63) is 57.8 Å². The second-order valence-corrected chi connectivity index (χ2v) is 7.19. The number of urea groups is 1. The van der Waals surface area contributed by atoms with Gasteiger partial charge in [-0.15, -0.1) is 0 Å². The molecule has 0 spiro atoms. The van der Waals surface area contributed by atoms with Gasteiger partial charge < -0.3 is 10.2 Å². The molecule has 1 N–H and O–H groups in total. The van der Waals surface area contributed by atoms with Crippen LogP contribution in [0.25, 0.3) is 0 Å². The molecule has 0 aliphatic carbocycles. The van der Waals surface area contributed by atoms with Crippen molar-refractivity contribution >= 4 is 34.9 Å². The van der Waals surface area contributed by atoms with Crippen molar-refractivity contribution in [2.45, 2.75) is 12.7 Å². The zero-order chi connectivity index (χ0) is 20.3. The van der Waals surface area contributed by atoms with E-state index in [9.17, 15) is 18.0 Å². The Bertz CT molecular complexity index is 838. The second kappa shape index (κ2) is 8.55. The molecule has 1 aliphatic heterocycles. The molecule has 0 unspecified atom stereocenters. The molecule has 2 amide bonds. The van der Waals surface area contributed by atoms with Gasteiger partial charge in [-0.3, -0.25) is 9.88 Å². The number of benzene rings is 1. The van der Waals surface area contributed by atoms with Crippen molar-refractivity contribution in [2.24, 2.45) is 0 Å². The monoisotopic (exact) mass is 432 g/mol. The number of pyridine rings is 1. The van der Waals surface area contributed by atoms with Crippen LogP contribution in [0.4, 0.5) is 23.7 Å². The first-order valence-corrected chi connectivity index (χ1v) is 9.23. The average molecular weight is 433 g/mol. The van der Waals surface area contributed by atoms with Gasteiger partial charge in [-0.25, -0.2) is 4.79 Å².